The van der Waals surface area contributed by atoms with Crippen LogP contribution in [0.2, 0.25) is 0 Å². The normalized spacial score (nSPS) is 10.2. The summed E-state index contributed by atoms with van der Waals surface area (Å²) >= 11 is 6.87. The lowest BCUT2D eigenvalue weighted by atomic mass is 10.3. The lowest BCUT2D eigenvalue weighted by Crippen LogP contribution is -1.91. The van der Waals surface area contributed by atoms with Gasteiger partial charge in [-0.25, -0.2) is 4.98 Å². The van der Waals surface area contributed by atoms with Gasteiger partial charge in [0.05, 0.1) is 16.1 Å². The van der Waals surface area contributed by atoms with E-state index in [1.165, 1.54) is 0 Å². The van der Waals surface area contributed by atoms with Crippen LogP contribution in [-0.4, -0.2) is 12.1 Å². The molecule has 2 aromatic rings. The van der Waals surface area contributed by atoms with Crippen LogP contribution in [0.4, 0.5) is 0 Å². The third-order valence-corrected chi connectivity index (χ3v) is 3.48. The third-order valence-electron chi connectivity index (χ3n) is 2.29. The quantitative estimate of drug-likeness (QED) is 0.781. The van der Waals surface area contributed by atoms with E-state index < -0.39 is 0 Å². The molecule has 94 valence electrons. The minimum Gasteiger partial charge on any atom is -0.497 e. The number of ether oxygens (including phenoxy) is 2. The summed E-state index contributed by atoms with van der Waals surface area (Å²) < 4.78 is 12.5. The zero-order valence-electron chi connectivity index (χ0n) is 9.91. The first-order valence-electron chi connectivity index (χ1n) is 5.23. The number of nitrogens with zero attached hydrogens (tertiary/aromatic N) is 1. The summed E-state index contributed by atoms with van der Waals surface area (Å²) in [6.45, 7) is 1.98. The van der Waals surface area contributed by atoms with Crippen LogP contribution in [0.25, 0.3) is 0 Å². The van der Waals surface area contributed by atoms with Gasteiger partial charge in [-0.3, -0.25) is 0 Å². The third kappa shape index (κ3) is 3.03. The maximum Gasteiger partial charge on any atom is 0.233 e. The molecule has 0 radical (unpaired) electrons. The highest BCUT2D eigenvalue weighted by atomic mass is 79.9. The van der Waals surface area contributed by atoms with Gasteiger partial charge in [0.25, 0.3) is 0 Å². The standard InChI is InChI=1S/C13H11Br2NO2/c1-8-5-11(15)13(16-7-8)18-12-4-3-9(17-2)6-10(12)14/h3-7H,1-2H3. The highest BCUT2D eigenvalue weighted by molar-refractivity contribution is 9.11. The average molecular weight is 373 g/mol. The van der Waals surface area contributed by atoms with Gasteiger partial charge in [-0.2, -0.15) is 0 Å². The zero-order chi connectivity index (χ0) is 13.1. The van der Waals surface area contributed by atoms with Gasteiger partial charge in [0, 0.05) is 6.20 Å². The Morgan fingerprint density at radius 3 is 2.50 bits per heavy atom. The molecule has 1 aromatic carbocycles. The predicted octanol–water partition coefficient (Wildman–Crippen LogP) is 4.72. The largest absolute Gasteiger partial charge is 0.497 e. The topological polar surface area (TPSA) is 31.4 Å². The van der Waals surface area contributed by atoms with Crippen LogP contribution in [0.15, 0.2) is 39.4 Å². The molecule has 1 aromatic heterocycles. The number of pyridine rings is 1. The van der Waals surface area contributed by atoms with Gasteiger partial charge in [0.2, 0.25) is 5.88 Å². The van der Waals surface area contributed by atoms with Crippen molar-refractivity contribution in [2.45, 2.75) is 6.92 Å². The summed E-state index contributed by atoms with van der Waals surface area (Å²) in [5.41, 5.74) is 1.07. The molecular weight excluding hydrogens is 362 g/mol. The number of rotatable bonds is 3. The van der Waals surface area contributed by atoms with E-state index in [-0.39, 0.29) is 0 Å². The Hall–Kier alpha value is -1.07. The second-order valence-electron chi connectivity index (χ2n) is 3.70. The van der Waals surface area contributed by atoms with Crippen LogP contribution in [0.1, 0.15) is 5.56 Å². The van der Waals surface area contributed by atoms with E-state index >= 15 is 0 Å². The Morgan fingerprint density at radius 1 is 1.11 bits per heavy atom. The maximum absolute atomic E-state index is 5.73. The van der Waals surface area contributed by atoms with Crippen LogP contribution in [-0.2, 0) is 0 Å². The summed E-state index contributed by atoms with van der Waals surface area (Å²) in [6.07, 6.45) is 1.76. The molecule has 0 fully saturated rings. The van der Waals surface area contributed by atoms with Gasteiger partial charge in [0.15, 0.2) is 0 Å². The highest BCUT2D eigenvalue weighted by Crippen LogP contribution is 2.34. The molecule has 0 spiro atoms. The predicted molar refractivity (Wildman–Crippen MR) is 77.4 cm³/mol. The molecule has 0 aliphatic heterocycles. The number of aryl methyl sites for hydroxylation is 1. The molecule has 0 amide bonds. The molecule has 0 N–H and O–H groups in total. The summed E-state index contributed by atoms with van der Waals surface area (Å²) in [6, 6.07) is 7.47. The summed E-state index contributed by atoms with van der Waals surface area (Å²) in [5.74, 6) is 1.99. The summed E-state index contributed by atoms with van der Waals surface area (Å²) in [5, 5.41) is 0. The molecule has 0 aliphatic carbocycles. The van der Waals surface area contributed by atoms with E-state index in [1.807, 2.05) is 31.2 Å². The number of hydrogen-bond acceptors (Lipinski definition) is 3. The van der Waals surface area contributed by atoms with Gasteiger partial charge in [-0.15, -0.1) is 0 Å². The van der Waals surface area contributed by atoms with E-state index in [1.54, 1.807) is 13.3 Å². The van der Waals surface area contributed by atoms with Crippen LogP contribution in [0.5, 0.6) is 17.4 Å². The van der Waals surface area contributed by atoms with Crippen molar-refractivity contribution in [2.75, 3.05) is 7.11 Å². The van der Waals surface area contributed by atoms with Gasteiger partial charge < -0.3 is 9.47 Å². The maximum atomic E-state index is 5.73. The van der Waals surface area contributed by atoms with E-state index in [2.05, 4.69) is 36.8 Å². The fourth-order valence-electron chi connectivity index (χ4n) is 1.39. The van der Waals surface area contributed by atoms with Crippen molar-refractivity contribution in [2.24, 2.45) is 0 Å². The molecule has 0 saturated carbocycles. The molecule has 0 unspecified atom stereocenters. The van der Waals surface area contributed by atoms with E-state index in [0.717, 1.165) is 20.3 Å². The first kappa shape index (κ1) is 13.4. The first-order chi connectivity index (χ1) is 8.60. The molecular formula is C13H11Br2NO2. The molecule has 0 aliphatic rings. The Bertz CT molecular complexity index is 573. The van der Waals surface area contributed by atoms with Crippen molar-refractivity contribution in [3.8, 4) is 17.4 Å². The Morgan fingerprint density at radius 2 is 1.89 bits per heavy atom. The molecule has 3 nitrogen and oxygen atoms in total. The lowest BCUT2D eigenvalue weighted by Gasteiger charge is -2.09. The van der Waals surface area contributed by atoms with Crippen molar-refractivity contribution in [1.29, 1.82) is 0 Å². The number of halogens is 2. The van der Waals surface area contributed by atoms with Crippen LogP contribution in [0.3, 0.4) is 0 Å². The minimum atomic E-state index is 0.534. The molecule has 2 rings (SSSR count). The zero-order valence-corrected chi connectivity index (χ0v) is 13.1. The minimum absolute atomic E-state index is 0.534. The highest BCUT2D eigenvalue weighted by Gasteiger charge is 2.08. The average Bonchev–Trinajstić information content (AvgIpc) is 2.34. The van der Waals surface area contributed by atoms with Crippen LogP contribution >= 0.6 is 31.9 Å². The van der Waals surface area contributed by atoms with Crippen molar-refractivity contribution < 1.29 is 9.47 Å². The monoisotopic (exact) mass is 371 g/mol. The molecule has 0 saturated heterocycles. The molecule has 18 heavy (non-hydrogen) atoms. The van der Waals surface area contributed by atoms with Gasteiger partial charge >= 0.3 is 0 Å². The van der Waals surface area contributed by atoms with Crippen LogP contribution in [0, 0.1) is 6.92 Å². The van der Waals surface area contributed by atoms with Gasteiger partial charge in [0.1, 0.15) is 11.5 Å². The van der Waals surface area contributed by atoms with Gasteiger partial charge in [-0.05, 0) is 68.6 Å². The number of methoxy groups -OCH3 is 1. The second-order valence-corrected chi connectivity index (χ2v) is 5.41. The van der Waals surface area contributed by atoms with Crippen molar-refractivity contribution >= 4 is 31.9 Å². The molecule has 5 heteroatoms. The Balaban J connectivity index is 2.28. The van der Waals surface area contributed by atoms with Crippen molar-refractivity contribution in [3.63, 3.8) is 0 Å². The summed E-state index contributed by atoms with van der Waals surface area (Å²) in [7, 11) is 1.63. The van der Waals surface area contributed by atoms with E-state index in [4.69, 9.17) is 9.47 Å². The Labute approximate surface area is 122 Å². The smallest absolute Gasteiger partial charge is 0.233 e. The van der Waals surface area contributed by atoms with Gasteiger partial charge in [-0.1, -0.05) is 0 Å². The fraction of sp³-hybridized carbons (Fsp3) is 0.154. The number of aromatic nitrogens is 1. The van der Waals surface area contributed by atoms with E-state index in [0.29, 0.717) is 11.6 Å². The second kappa shape index (κ2) is 5.71. The summed E-state index contributed by atoms with van der Waals surface area (Å²) in [4.78, 5) is 4.24. The molecule has 0 bridgehead atoms. The molecule has 1 heterocycles. The number of benzene rings is 1. The first-order valence-corrected chi connectivity index (χ1v) is 6.82. The van der Waals surface area contributed by atoms with Crippen molar-refractivity contribution in [3.05, 3.63) is 45.0 Å². The SMILES string of the molecule is COc1ccc(Oc2ncc(C)cc2Br)c(Br)c1. The van der Waals surface area contributed by atoms with E-state index in [9.17, 15) is 0 Å². The molecule has 0 atom stereocenters. The van der Waals surface area contributed by atoms with Crippen LogP contribution < -0.4 is 9.47 Å². The van der Waals surface area contributed by atoms with Crippen molar-refractivity contribution in [1.82, 2.24) is 4.98 Å². The fourth-order valence-corrected chi connectivity index (χ4v) is 2.37. The Kier molecular flexibility index (Phi) is 4.24. The lowest BCUT2D eigenvalue weighted by molar-refractivity contribution is 0.411. The number of hydrogen-bond donors (Lipinski definition) is 0.